The van der Waals surface area contributed by atoms with E-state index in [2.05, 4.69) is 30.1 Å². The second-order valence-electron chi connectivity index (χ2n) is 6.91. The van der Waals surface area contributed by atoms with Crippen LogP contribution in [0.4, 0.5) is 0 Å². The SMILES string of the molecule is C[C@H]1c2[nH]c3ccccc3c2CCN1C(=O)c1cccc(C[S@](C)=O)c1. The summed E-state index contributed by atoms with van der Waals surface area (Å²) in [7, 11) is -0.919. The molecule has 0 radical (unpaired) electrons. The van der Waals surface area contributed by atoms with Gasteiger partial charge < -0.3 is 9.88 Å². The number of carbonyl (C=O) groups excluding carboxylic acids is 1. The van der Waals surface area contributed by atoms with Crippen molar-refractivity contribution in [1.29, 1.82) is 0 Å². The van der Waals surface area contributed by atoms with Crippen LogP contribution in [0, 0.1) is 0 Å². The molecule has 0 fully saturated rings. The van der Waals surface area contributed by atoms with Gasteiger partial charge in [-0.25, -0.2) is 0 Å². The van der Waals surface area contributed by atoms with E-state index in [1.807, 2.05) is 35.2 Å². The van der Waals surface area contributed by atoms with Crippen molar-refractivity contribution in [2.45, 2.75) is 25.1 Å². The van der Waals surface area contributed by atoms with Gasteiger partial charge in [0.2, 0.25) is 0 Å². The molecule has 0 saturated carbocycles. The molecule has 2 heterocycles. The van der Waals surface area contributed by atoms with Gasteiger partial charge in [0.1, 0.15) is 0 Å². The number of fused-ring (bicyclic) bond motifs is 3. The third-order valence-corrected chi connectivity index (χ3v) is 5.88. The van der Waals surface area contributed by atoms with Gasteiger partial charge in [-0.1, -0.05) is 30.3 Å². The number of benzene rings is 2. The fraction of sp³-hybridized carbons (Fsp3) is 0.286. The fourth-order valence-corrected chi connectivity index (χ4v) is 4.55. The first-order chi connectivity index (χ1) is 12.5. The summed E-state index contributed by atoms with van der Waals surface area (Å²) in [5.74, 6) is 0.508. The van der Waals surface area contributed by atoms with Crippen LogP contribution in [0.3, 0.4) is 0 Å². The number of aromatic nitrogens is 1. The molecule has 2 aromatic carbocycles. The van der Waals surface area contributed by atoms with Crippen molar-refractivity contribution < 1.29 is 9.00 Å². The van der Waals surface area contributed by atoms with Gasteiger partial charge >= 0.3 is 0 Å². The smallest absolute Gasteiger partial charge is 0.254 e. The molecule has 3 aromatic rings. The van der Waals surface area contributed by atoms with E-state index in [-0.39, 0.29) is 11.9 Å². The van der Waals surface area contributed by atoms with Crippen LogP contribution in [-0.2, 0) is 23.0 Å². The van der Waals surface area contributed by atoms with E-state index in [1.165, 1.54) is 10.9 Å². The van der Waals surface area contributed by atoms with Gasteiger partial charge in [-0.15, -0.1) is 0 Å². The number of nitrogens with zero attached hydrogens (tertiary/aromatic N) is 1. The zero-order valence-corrected chi connectivity index (χ0v) is 15.8. The summed E-state index contributed by atoms with van der Waals surface area (Å²) in [6.45, 7) is 2.79. The summed E-state index contributed by atoms with van der Waals surface area (Å²) in [4.78, 5) is 18.5. The average molecular weight is 366 g/mol. The van der Waals surface area contributed by atoms with E-state index in [4.69, 9.17) is 0 Å². The normalized spacial score (nSPS) is 17.9. The molecule has 0 unspecified atom stereocenters. The molecule has 0 bridgehead atoms. The van der Waals surface area contributed by atoms with Crippen molar-refractivity contribution in [3.8, 4) is 0 Å². The molecule has 4 nitrogen and oxygen atoms in total. The molecule has 2 atom stereocenters. The fourth-order valence-electron chi connectivity index (χ4n) is 3.90. The van der Waals surface area contributed by atoms with Crippen LogP contribution in [0.1, 0.15) is 40.1 Å². The molecule has 1 N–H and O–H groups in total. The first kappa shape index (κ1) is 17.0. The summed E-state index contributed by atoms with van der Waals surface area (Å²) in [5, 5.41) is 1.26. The van der Waals surface area contributed by atoms with E-state index in [1.54, 1.807) is 6.26 Å². The lowest BCUT2D eigenvalue weighted by Gasteiger charge is -2.33. The van der Waals surface area contributed by atoms with Gasteiger partial charge in [-0.05, 0) is 42.7 Å². The number of aromatic amines is 1. The Labute approximate surface area is 155 Å². The minimum atomic E-state index is -0.919. The highest BCUT2D eigenvalue weighted by Gasteiger charge is 2.30. The largest absolute Gasteiger partial charge is 0.356 e. The number of para-hydroxylation sites is 1. The maximum atomic E-state index is 13.1. The summed E-state index contributed by atoms with van der Waals surface area (Å²) < 4.78 is 11.5. The predicted molar refractivity (Wildman–Crippen MR) is 106 cm³/mol. The molecule has 134 valence electrons. The highest BCUT2D eigenvalue weighted by Crippen LogP contribution is 2.34. The van der Waals surface area contributed by atoms with Gasteiger partial charge in [0.25, 0.3) is 5.91 Å². The Morgan fingerprint density at radius 2 is 2.04 bits per heavy atom. The number of carbonyl (C=O) groups is 1. The number of hydrogen-bond acceptors (Lipinski definition) is 2. The van der Waals surface area contributed by atoms with Crippen LogP contribution in [0.5, 0.6) is 0 Å². The summed E-state index contributed by atoms with van der Waals surface area (Å²) in [6.07, 6.45) is 2.53. The van der Waals surface area contributed by atoms with Gasteiger partial charge in [-0.2, -0.15) is 0 Å². The van der Waals surface area contributed by atoms with E-state index >= 15 is 0 Å². The van der Waals surface area contributed by atoms with Crippen molar-refractivity contribution in [2.75, 3.05) is 12.8 Å². The second kappa shape index (κ2) is 6.72. The standard InChI is InChI=1S/C21H22N2O2S/c1-14-20-18(17-8-3-4-9-19(17)22-20)10-11-23(14)21(24)16-7-5-6-15(12-16)13-26(2)25/h3-9,12,14,22H,10-11,13H2,1-2H3/t14-,26-/m0/s1. The molecule has 26 heavy (non-hydrogen) atoms. The van der Waals surface area contributed by atoms with Crippen molar-refractivity contribution in [2.24, 2.45) is 0 Å². The Bertz CT molecular complexity index is 1010. The Morgan fingerprint density at radius 1 is 1.23 bits per heavy atom. The first-order valence-corrected chi connectivity index (χ1v) is 10.6. The number of nitrogens with one attached hydrogen (secondary N) is 1. The lowest BCUT2D eigenvalue weighted by atomic mass is 9.97. The van der Waals surface area contributed by atoms with Gasteiger partial charge in [0.15, 0.2) is 0 Å². The number of amides is 1. The molecule has 1 aromatic heterocycles. The van der Waals surface area contributed by atoms with Gasteiger partial charge in [0, 0.05) is 51.5 Å². The van der Waals surface area contributed by atoms with Gasteiger partial charge in [0.05, 0.1) is 6.04 Å². The van der Waals surface area contributed by atoms with Crippen LogP contribution in [0.2, 0.25) is 0 Å². The summed E-state index contributed by atoms with van der Waals surface area (Å²) in [6, 6.07) is 15.8. The molecular weight excluding hydrogens is 344 g/mol. The monoisotopic (exact) mass is 366 g/mol. The lowest BCUT2D eigenvalue weighted by Crippen LogP contribution is -2.38. The Hall–Kier alpha value is -2.40. The quantitative estimate of drug-likeness (QED) is 0.766. The summed E-state index contributed by atoms with van der Waals surface area (Å²) >= 11 is 0. The molecule has 0 aliphatic carbocycles. The topological polar surface area (TPSA) is 53.2 Å². The zero-order chi connectivity index (χ0) is 18.3. The Balaban J connectivity index is 1.65. The number of rotatable bonds is 3. The predicted octanol–water partition coefficient (Wildman–Crippen LogP) is 3.81. The second-order valence-corrected chi connectivity index (χ2v) is 8.34. The Morgan fingerprint density at radius 3 is 2.85 bits per heavy atom. The van der Waals surface area contributed by atoms with E-state index in [0.717, 1.165) is 23.2 Å². The van der Waals surface area contributed by atoms with Crippen LogP contribution in [0.25, 0.3) is 10.9 Å². The van der Waals surface area contributed by atoms with Crippen LogP contribution in [0.15, 0.2) is 48.5 Å². The molecule has 0 spiro atoms. The minimum absolute atomic E-state index is 0.00242. The Kier molecular flexibility index (Phi) is 4.41. The van der Waals surface area contributed by atoms with E-state index in [0.29, 0.717) is 17.9 Å². The minimum Gasteiger partial charge on any atom is -0.356 e. The van der Waals surface area contributed by atoms with E-state index in [9.17, 15) is 9.00 Å². The third-order valence-electron chi connectivity index (χ3n) is 5.14. The third kappa shape index (κ3) is 2.97. The zero-order valence-electron chi connectivity index (χ0n) is 15.0. The van der Waals surface area contributed by atoms with Crippen LogP contribution < -0.4 is 0 Å². The molecule has 4 rings (SSSR count). The number of hydrogen-bond donors (Lipinski definition) is 1. The molecule has 1 amide bonds. The lowest BCUT2D eigenvalue weighted by molar-refractivity contribution is 0.0674. The van der Waals surface area contributed by atoms with Crippen molar-refractivity contribution in [3.63, 3.8) is 0 Å². The molecule has 0 saturated heterocycles. The van der Waals surface area contributed by atoms with Crippen molar-refractivity contribution in [3.05, 3.63) is 70.9 Å². The molecular formula is C21H22N2O2S. The van der Waals surface area contributed by atoms with E-state index < -0.39 is 10.8 Å². The van der Waals surface area contributed by atoms with Crippen LogP contribution in [-0.4, -0.2) is 32.8 Å². The summed E-state index contributed by atoms with van der Waals surface area (Å²) in [5.41, 5.74) is 5.20. The van der Waals surface area contributed by atoms with Gasteiger partial charge in [-0.3, -0.25) is 9.00 Å². The van der Waals surface area contributed by atoms with Crippen LogP contribution >= 0.6 is 0 Å². The first-order valence-electron chi connectivity index (χ1n) is 8.84. The van der Waals surface area contributed by atoms with Crippen molar-refractivity contribution in [1.82, 2.24) is 9.88 Å². The van der Waals surface area contributed by atoms with Crippen molar-refractivity contribution >= 4 is 27.6 Å². The average Bonchev–Trinajstić information content (AvgIpc) is 3.01. The molecule has 1 aliphatic rings. The molecule has 1 aliphatic heterocycles. The molecule has 5 heteroatoms. The highest BCUT2D eigenvalue weighted by molar-refractivity contribution is 7.83. The highest BCUT2D eigenvalue weighted by atomic mass is 32.2. The number of H-pyrrole nitrogens is 1. The maximum Gasteiger partial charge on any atom is 0.254 e. The maximum absolute atomic E-state index is 13.1.